The van der Waals surface area contributed by atoms with Crippen LogP contribution in [0.4, 0.5) is 5.82 Å². The van der Waals surface area contributed by atoms with Crippen molar-refractivity contribution in [2.24, 2.45) is 7.05 Å². The van der Waals surface area contributed by atoms with Gasteiger partial charge in [-0.1, -0.05) is 58.4 Å². The third kappa shape index (κ3) is 4.22. The molecule has 1 amide bonds. The number of nitrogens with zero attached hydrogens (tertiary/aromatic N) is 3. The lowest BCUT2D eigenvalue weighted by Gasteiger charge is -2.09. The van der Waals surface area contributed by atoms with Crippen LogP contribution in [0.25, 0.3) is 11.1 Å². The van der Waals surface area contributed by atoms with Crippen LogP contribution in [0.5, 0.6) is 0 Å². The smallest absolute Gasteiger partial charge is 0.268 e. The molecule has 1 N–H and O–H groups in total. The van der Waals surface area contributed by atoms with Crippen LogP contribution in [0.3, 0.4) is 0 Å². The Morgan fingerprint density at radius 3 is 2.47 bits per heavy atom. The van der Waals surface area contributed by atoms with Gasteiger partial charge >= 0.3 is 0 Å². The lowest BCUT2D eigenvalue weighted by Crippen LogP contribution is -2.15. The Kier molecular flexibility index (Phi) is 5.83. The Morgan fingerprint density at radius 1 is 1.07 bits per heavy atom. The molecule has 0 unspecified atom stereocenters. The molecular weight excluding hydrogens is 460 g/mol. The lowest BCUT2D eigenvalue weighted by molar-refractivity contribution is 0.102. The molecule has 0 bridgehead atoms. The van der Waals surface area contributed by atoms with Crippen molar-refractivity contribution in [1.29, 1.82) is 0 Å². The third-order valence-corrected chi connectivity index (χ3v) is 6.52. The summed E-state index contributed by atoms with van der Waals surface area (Å²) in [7, 11) is 1.84. The molecule has 4 rings (SSSR count). The molecule has 5 nitrogen and oxygen atoms in total. The maximum Gasteiger partial charge on any atom is 0.268 e. The van der Waals surface area contributed by atoms with E-state index in [0.717, 1.165) is 32.0 Å². The molecule has 2 heterocycles. The zero-order valence-electron chi connectivity index (χ0n) is 16.9. The maximum atomic E-state index is 13.1. The van der Waals surface area contributed by atoms with Crippen molar-refractivity contribution < 1.29 is 4.79 Å². The zero-order chi connectivity index (χ0) is 21.3. The van der Waals surface area contributed by atoms with E-state index in [1.165, 1.54) is 16.9 Å². The molecule has 0 aliphatic carbocycles. The van der Waals surface area contributed by atoms with Crippen LogP contribution in [0, 0.1) is 13.8 Å². The van der Waals surface area contributed by atoms with Gasteiger partial charge in [-0.15, -0.1) is 11.3 Å². The molecular formula is C23H21BrN4OS. The highest BCUT2D eigenvalue weighted by atomic mass is 79.9. The fourth-order valence-corrected chi connectivity index (χ4v) is 4.70. The molecule has 2 aromatic carbocycles. The first-order valence-electron chi connectivity index (χ1n) is 9.53. The second-order valence-corrected chi connectivity index (χ2v) is 9.08. The molecule has 30 heavy (non-hydrogen) atoms. The predicted octanol–water partition coefficient (Wildman–Crippen LogP) is 5.77. The van der Waals surface area contributed by atoms with Gasteiger partial charge in [-0.25, -0.2) is 4.98 Å². The molecule has 0 spiro atoms. The van der Waals surface area contributed by atoms with Gasteiger partial charge < -0.3 is 5.32 Å². The van der Waals surface area contributed by atoms with E-state index in [1.807, 2.05) is 63.4 Å². The van der Waals surface area contributed by atoms with Crippen molar-refractivity contribution in [2.75, 3.05) is 5.32 Å². The Bertz CT molecular complexity index is 1200. The first-order chi connectivity index (χ1) is 14.4. The van der Waals surface area contributed by atoms with Crippen LogP contribution in [0.1, 0.15) is 31.6 Å². The summed E-state index contributed by atoms with van der Waals surface area (Å²) < 4.78 is 2.72. The Hall–Kier alpha value is -2.77. The average Bonchev–Trinajstić information content (AvgIpc) is 3.22. The van der Waals surface area contributed by atoms with Crippen molar-refractivity contribution in [3.8, 4) is 11.1 Å². The van der Waals surface area contributed by atoms with E-state index in [0.29, 0.717) is 17.1 Å². The largest absolute Gasteiger partial charge is 0.305 e. The highest BCUT2D eigenvalue weighted by Crippen LogP contribution is 2.32. The van der Waals surface area contributed by atoms with Crippen LogP contribution in [-0.2, 0) is 13.5 Å². The van der Waals surface area contributed by atoms with E-state index in [1.54, 1.807) is 4.68 Å². The number of amides is 1. The molecule has 0 atom stereocenters. The first-order valence-corrected chi connectivity index (χ1v) is 11.1. The number of halogens is 1. The number of rotatable bonds is 5. The van der Waals surface area contributed by atoms with E-state index in [-0.39, 0.29) is 5.91 Å². The predicted molar refractivity (Wildman–Crippen MR) is 125 cm³/mol. The monoisotopic (exact) mass is 480 g/mol. The van der Waals surface area contributed by atoms with Crippen LogP contribution < -0.4 is 5.32 Å². The minimum absolute atomic E-state index is 0.161. The summed E-state index contributed by atoms with van der Waals surface area (Å²) >= 11 is 4.91. The maximum absolute atomic E-state index is 13.1. The van der Waals surface area contributed by atoms with E-state index >= 15 is 0 Å². The van der Waals surface area contributed by atoms with Gasteiger partial charge in [0.2, 0.25) is 0 Å². The number of benzene rings is 2. The number of aromatic nitrogens is 3. The van der Waals surface area contributed by atoms with Crippen molar-refractivity contribution >= 4 is 39.0 Å². The Morgan fingerprint density at radius 2 is 1.77 bits per heavy atom. The van der Waals surface area contributed by atoms with Gasteiger partial charge in [0.25, 0.3) is 5.91 Å². The number of anilines is 1. The number of nitrogens with one attached hydrogen (secondary N) is 1. The minimum atomic E-state index is -0.161. The normalized spacial score (nSPS) is 10.9. The minimum Gasteiger partial charge on any atom is -0.305 e. The topological polar surface area (TPSA) is 59.8 Å². The van der Waals surface area contributed by atoms with Gasteiger partial charge in [-0.05, 0) is 37.1 Å². The van der Waals surface area contributed by atoms with E-state index in [4.69, 9.17) is 0 Å². The fraction of sp³-hybridized carbons (Fsp3) is 0.174. The van der Waals surface area contributed by atoms with Gasteiger partial charge in [-0.2, -0.15) is 5.10 Å². The number of carbonyl (C=O) groups is 1. The molecule has 7 heteroatoms. The van der Waals surface area contributed by atoms with Crippen LogP contribution in [0.15, 0.2) is 59.1 Å². The van der Waals surface area contributed by atoms with Crippen molar-refractivity contribution in [3.05, 3.63) is 85.9 Å². The number of thiazole rings is 1. The molecule has 2 aromatic heterocycles. The third-order valence-electron chi connectivity index (χ3n) is 4.83. The number of aryl methyl sites for hydroxylation is 3. The summed E-state index contributed by atoms with van der Waals surface area (Å²) in [6, 6.07) is 18.1. The van der Waals surface area contributed by atoms with Crippen molar-refractivity contribution in [1.82, 2.24) is 14.8 Å². The molecule has 0 saturated carbocycles. The standard InChI is InChI=1S/C23H21BrN4OS/c1-14-20(17-9-11-18(24)12-10-17)22(28(3)27-14)26-23(29)21-15(2)25-19(30-21)13-16-7-5-4-6-8-16/h4-12H,13H2,1-3H3,(H,26,29). The highest BCUT2D eigenvalue weighted by molar-refractivity contribution is 9.10. The summed E-state index contributed by atoms with van der Waals surface area (Å²) in [5, 5.41) is 8.51. The SMILES string of the molecule is Cc1nc(Cc2ccccc2)sc1C(=O)Nc1c(-c2ccc(Br)cc2)c(C)nn1C. The van der Waals surface area contributed by atoms with Crippen molar-refractivity contribution in [3.63, 3.8) is 0 Å². The highest BCUT2D eigenvalue weighted by Gasteiger charge is 2.21. The molecule has 0 saturated heterocycles. The summed E-state index contributed by atoms with van der Waals surface area (Å²) in [5.41, 5.74) is 4.71. The molecule has 0 radical (unpaired) electrons. The van der Waals surface area contributed by atoms with Crippen molar-refractivity contribution in [2.45, 2.75) is 20.3 Å². The summed E-state index contributed by atoms with van der Waals surface area (Å²) in [6.07, 6.45) is 0.717. The molecule has 0 fully saturated rings. The molecule has 0 aliphatic rings. The lowest BCUT2D eigenvalue weighted by atomic mass is 10.1. The van der Waals surface area contributed by atoms with Gasteiger partial charge in [0.1, 0.15) is 10.7 Å². The zero-order valence-corrected chi connectivity index (χ0v) is 19.3. The number of carbonyl (C=O) groups excluding carboxylic acids is 1. The van der Waals surface area contributed by atoms with Crippen LogP contribution in [0.2, 0.25) is 0 Å². The van der Waals surface area contributed by atoms with Crippen LogP contribution >= 0.6 is 27.3 Å². The number of hydrogen-bond acceptors (Lipinski definition) is 4. The van der Waals surface area contributed by atoms with E-state index in [2.05, 4.69) is 43.5 Å². The second-order valence-electron chi connectivity index (χ2n) is 7.08. The van der Waals surface area contributed by atoms with E-state index in [9.17, 15) is 4.79 Å². The van der Waals surface area contributed by atoms with Gasteiger partial charge in [0.15, 0.2) is 0 Å². The molecule has 152 valence electrons. The number of hydrogen-bond donors (Lipinski definition) is 1. The average molecular weight is 481 g/mol. The van der Waals surface area contributed by atoms with Gasteiger partial charge in [-0.3, -0.25) is 9.48 Å². The Labute approximate surface area is 187 Å². The van der Waals surface area contributed by atoms with Gasteiger partial charge in [0.05, 0.1) is 16.4 Å². The quantitative estimate of drug-likeness (QED) is 0.394. The van der Waals surface area contributed by atoms with E-state index < -0.39 is 0 Å². The summed E-state index contributed by atoms with van der Waals surface area (Å²) in [4.78, 5) is 18.4. The summed E-state index contributed by atoms with van der Waals surface area (Å²) in [5.74, 6) is 0.517. The molecule has 0 aliphatic heterocycles. The fourth-order valence-electron chi connectivity index (χ4n) is 3.44. The van der Waals surface area contributed by atoms with Gasteiger partial charge in [0, 0.05) is 23.5 Å². The Balaban J connectivity index is 1.61. The second kappa shape index (κ2) is 8.53. The molecule has 4 aromatic rings. The summed E-state index contributed by atoms with van der Waals surface area (Å²) in [6.45, 7) is 3.83. The van der Waals surface area contributed by atoms with Crippen LogP contribution in [-0.4, -0.2) is 20.7 Å². The first kappa shape index (κ1) is 20.5.